The summed E-state index contributed by atoms with van der Waals surface area (Å²) in [4.78, 5) is 22.0. The molecule has 1 aliphatic heterocycles. The second-order valence-electron chi connectivity index (χ2n) is 12.1. The summed E-state index contributed by atoms with van der Waals surface area (Å²) in [5.74, 6) is 1.07. The van der Waals surface area contributed by atoms with Gasteiger partial charge in [-0.15, -0.1) is 0 Å². The highest BCUT2D eigenvalue weighted by molar-refractivity contribution is 5.91. The molecule has 6 rings (SSSR count). The molecule has 47 heavy (non-hydrogen) atoms. The van der Waals surface area contributed by atoms with Crippen molar-refractivity contribution < 1.29 is 36.6 Å². The van der Waals surface area contributed by atoms with E-state index < -0.39 is 11.6 Å². The summed E-state index contributed by atoms with van der Waals surface area (Å²) in [6.07, 6.45) is 8.55. The van der Waals surface area contributed by atoms with Gasteiger partial charge in [0.25, 0.3) is 0 Å². The van der Waals surface area contributed by atoms with E-state index in [0.29, 0.717) is 46.8 Å². The molecule has 4 aromatic rings. The first kappa shape index (κ1) is 32.5. The zero-order valence-corrected chi connectivity index (χ0v) is 26.3. The molecule has 0 saturated heterocycles. The van der Waals surface area contributed by atoms with Gasteiger partial charge in [0.2, 0.25) is 0 Å². The zero-order valence-electron chi connectivity index (χ0n) is 26.3. The van der Waals surface area contributed by atoms with Gasteiger partial charge in [0, 0.05) is 24.1 Å². The van der Waals surface area contributed by atoms with Crippen LogP contribution in [0.5, 0.6) is 11.5 Å². The van der Waals surface area contributed by atoms with E-state index in [1.54, 1.807) is 19.4 Å². The molecule has 1 aliphatic carbocycles. The van der Waals surface area contributed by atoms with Gasteiger partial charge in [-0.2, -0.15) is 13.2 Å². The van der Waals surface area contributed by atoms with E-state index in [2.05, 4.69) is 11.1 Å². The minimum atomic E-state index is -4.32. The molecule has 2 aromatic heterocycles. The SMILES string of the molecule is COc1cc2nc(-c3ccc(CC(=O)C=CCc4coc(C5(C(F)(F)F)CC5)c4)cc3)cnc2cc1OCCCC1=CCCOCC1. The molecule has 2 aromatic carbocycles. The highest BCUT2D eigenvalue weighted by atomic mass is 19.4. The first-order chi connectivity index (χ1) is 22.7. The van der Waals surface area contributed by atoms with E-state index >= 15 is 0 Å². The normalized spacial score (nSPS) is 16.2. The van der Waals surface area contributed by atoms with Crippen LogP contribution in [0.2, 0.25) is 0 Å². The number of allylic oxidation sites excluding steroid dienone is 2. The molecule has 10 heteroatoms. The number of benzene rings is 2. The summed E-state index contributed by atoms with van der Waals surface area (Å²) in [6.45, 7) is 2.14. The van der Waals surface area contributed by atoms with Crippen LogP contribution < -0.4 is 9.47 Å². The average molecular weight is 647 g/mol. The highest BCUT2D eigenvalue weighted by Gasteiger charge is 2.66. The van der Waals surface area contributed by atoms with Crippen LogP contribution in [-0.4, -0.2) is 48.9 Å². The summed E-state index contributed by atoms with van der Waals surface area (Å²) < 4.78 is 62.4. The van der Waals surface area contributed by atoms with Gasteiger partial charge < -0.3 is 18.6 Å². The molecule has 7 nitrogen and oxygen atoms in total. The van der Waals surface area contributed by atoms with Crippen molar-refractivity contribution >= 4 is 16.8 Å². The molecule has 0 spiro atoms. The van der Waals surface area contributed by atoms with Gasteiger partial charge in [0.15, 0.2) is 17.3 Å². The number of aromatic nitrogens is 2. The molecule has 0 unspecified atom stereocenters. The van der Waals surface area contributed by atoms with Crippen LogP contribution in [0, 0.1) is 0 Å². The number of hydrogen-bond donors (Lipinski definition) is 0. The minimum Gasteiger partial charge on any atom is -0.493 e. The number of nitrogens with zero attached hydrogens (tertiary/aromatic N) is 2. The van der Waals surface area contributed by atoms with E-state index in [4.69, 9.17) is 23.6 Å². The Hall–Kier alpha value is -4.44. The predicted octanol–water partition coefficient (Wildman–Crippen LogP) is 8.30. The first-order valence-electron chi connectivity index (χ1n) is 15.9. The van der Waals surface area contributed by atoms with Gasteiger partial charge in [-0.05, 0) is 68.2 Å². The average Bonchev–Trinajstić information content (AvgIpc) is 3.82. The fourth-order valence-corrected chi connectivity index (χ4v) is 5.80. The summed E-state index contributed by atoms with van der Waals surface area (Å²) in [5.41, 5.74) is 3.92. The van der Waals surface area contributed by atoms with E-state index in [0.717, 1.165) is 50.0 Å². The van der Waals surface area contributed by atoms with Crippen molar-refractivity contribution in [1.82, 2.24) is 9.97 Å². The Morgan fingerprint density at radius 3 is 2.62 bits per heavy atom. The molecule has 2 aliphatic rings. The van der Waals surface area contributed by atoms with Crippen molar-refractivity contribution in [2.45, 2.75) is 63.0 Å². The third-order valence-corrected chi connectivity index (χ3v) is 8.69. The van der Waals surface area contributed by atoms with Crippen molar-refractivity contribution in [3.8, 4) is 22.8 Å². The minimum absolute atomic E-state index is 0.0467. The lowest BCUT2D eigenvalue weighted by Gasteiger charge is -2.15. The largest absolute Gasteiger partial charge is 0.493 e. The van der Waals surface area contributed by atoms with Crippen LogP contribution in [0.1, 0.15) is 55.4 Å². The number of alkyl halides is 3. The number of hydrogen-bond acceptors (Lipinski definition) is 7. The van der Waals surface area contributed by atoms with Crippen LogP contribution >= 0.6 is 0 Å². The fourth-order valence-electron chi connectivity index (χ4n) is 5.80. The van der Waals surface area contributed by atoms with E-state index in [1.165, 1.54) is 24.0 Å². The Morgan fingerprint density at radius 1 is 1.04 bits per heavy atom. The summed E-state index contributed by atoms with van der Waals surface area (Å²) in [7, 11) is 1.60. The van der Waals surface area contributed by atoms with Gasteiger partial charge in [0.05, 0.1) is 56.1 Å². The van der Waals surface area contributed by atoms with E-state index in [-0.39, 0.29) is 30.8 Å². The van der Waals surface area contributed by atoms with Gasteiger partial charge in [-0.25, -0.2) is 4.98 Å². The number of rotatable bonds is 13. The Labute approximate surface area is 271 Å². The summed E-state index contributed by atoms with van der Waals surface area (Å²) >= 11 is 0. The smallest absolute Gasteiger partial charge is 0.401 e. The maximum atomic E-state index is 13.3. The van der Waals surface area contributed by atoms with Crippen molar-refractivity contribution in [2.24, 2.45) is 0 Å². The van der Waals surface area contributed by atoms with Gasteiger partial charge in [-0.1, -0.05) is 42.0 Å². The fraction of sp³-hybridized carbons (Fsp3) is 0.378. The highest BCUT2D eigenvalue weighted by Crippen LogP contribution is 2.59. The van der Waals surface area contributed by atoms with Crippen LogP contribution in [0.3, 0.4) is 0 Å². The van der Waals surface area contributed by atoms with Crippen molar-refractivity contribution in [3.05, 3.63) is 95.6 Å². The Bertz CT molecular complexity index is 1770. The predicted molar refractivity (Wildman–Crippen MR) is 172 cm³/mol. The number of furan rings is 1. The van der Waals surface area contributed by atoms with Gasteiger partial charge in [0.1, 0.15) is 11.2 Å². The van der Waals surface area contributed by atoms with Crippen LogP contribution in [0.15, 0.2) is 83.1 Å². The molecule has 3 heterocycles. The third kappa shape index (κ3) is 7.76. The van der Waals surface area contributed by atoms with Crippen LogP contribution in [0.25, 0.3) is 22.3 Å². The maximum absolute atomic E-state index is 13.3. The molecule has 0 bridgehead atoms. The third-order valence-electron chi connectivity index (χ3n) is 8.69. The molecular formula is C37H37F3N2O5. The lowest BCUT2D eigenvalue weighted by Crippen LogP contribution is -2.28. The first-order valence-corrected chi connectivity index (χ1v) is 15.9. The number of carbonyl (C=O) groups excluding carboxylic acids is 1. The van der Waals surface area contributed by atoms with Crippen molar-refractivity contribution in [1.29, 1.82) is 0 Å². The molecule has 0 atom stereocenters. The maximum Gasteiger partial charge on any atom is 0.401 e. The molecule has 0 radical (unpaired) electrons. The van der Waals surface area contributed by atoms with E-state index in [1.807, 2.05) is 36.4 Å². The molecule has 0 N–H and O–H groups in total. The summed E-state index contributed by atoms with van der Waals surface area (Å²) in [6, 6.07) is 12.7. The zero-order chi connectivity index (χ0) is 32.9. The molecule has 0 amide bonds. The number of carbonyl (C=O) groups is 1. The van der Waals surface area contributed by atoms with Crippen molar-refractivity contribution in [2.75, 3.05) is 26.9 Å². The molecule has 1 fully saturated rings. The van der Waals surface area contributed by atoms with Gasteiger partial charge in [-0.3, -0.25) is 9.78 Å². The number of ether oxygens (including phenoxy) is 3. The second-order valence-corrected chi connectivity index (χ2v) is 12.1. The Kier molecular flexibility index (Phi) is 9.77. The Morgan fingerprint density at radius 2 is 1.85 bits per heavy atom. The topological polar surface area (TPSA) is 83.7 Å². The Balaban J connectivity index is 1.03. The van der Waals surface area contributed by atoms with E-state index in [9.17, 15) is 18.0 Å². The molecule has 246 valence electrons. The number of fused-ring (bicyclic) bond motifs is 1. The quantitative estimate of drug-likeness (QED) is 0.0821. The number of ketones is 1. The number of halogens is 3. The van der Waals surface area contributed by atoms with Gasteiger partial charge >= 0.3 is 6.18 Å². The second kappa shape index (κ2) is 14.1. The number of methoxy groups -OCH3 is 1. The monoisotopic (exact) mass is 646 g/mol. The van der Waals surface area contributed by atoms with Crippen LogP contribution in [0.4, 0.5) is 13.2 Å². The van der Waals surface area contributed by atoms with Crippen LogP contribution in [-0.2, 0) is 27.8 Å². The van der Waals surface area contributed by atoms with Crippen molar-refractivity contribution in [3.63, 3.8) is 0 Å². The lowest BCUT2D eigenvalue weighted by molar-refractivity contribution is -0.164. The molecular weight excluding hydrogens is 609 g/mol. The molecule has 1 saturated carbocycles. The standard InChI is InChI=1S/C37H37F3N2O5/c1-44-33-22-31-30(21-34(33)46-17-4-7-25-6-3-16-45-18-13-25)41-23-32(42-31)28-11-9-26(10-12-28)19-29(43)8-2-5-27-20-35(47-24-27)36(14-15-36)37(38,39)40/h2,6,8-12,20-24H,3-5,7,13-19H2,1H3. The lowest BCUT2D eigenvalue weighted by atomic mass is 10.0. The summed E-state index contributed by atoms with van der Waals surface area (Å²) in [5, 5.41) is 0.